The number of rotatable bonds is 7. The van der Waals surface area contributed by atoms with Crippen LogP contribution in [0.5, 0.6) is 0 Å². The van der Waals surface area contributed by atoms with Crippen LogP contribution in [0.2, 0.25) is 0 Å². The number of carbonyl (C=O) groups is 1. The largest absolute Gasteiger partial charge is 0.322 e. The minimum absolute atomic E-state index is 0.295. The van der Waals surface area contributed by atoms with E-state index < -0.39 is 21.4 Å². The van der Waals surface area contributed by atoms with Gasteiger partial charge >= 0.3 is 0 Å². The molecule has 1 atom stereocenters. The number of aromatic nitrogens is 1. The minimum atomic E-state index is -3.51. The average Bonchev–Trinajstić information content (AvgIpc) is 2.61. The summed E-state index contributed by atoms with van der Waals surface area (Å²) in [5.41, 5.74) is 1.31. The van der Waals surface area contributed by atoms with E-state index in [1.807, 2.05) is 0 Å². The molecule has 0 radical (unpaired) electrons. The molecule has 0 saturated carbocycles. The van der Waals surface area contributed by atoms with Crippen molar-refractivity contribution in [2.24, 2.45) is 0 Å². The number of halogens is 1. The van der Waals surface area contributed by atoms with E-state index in [4.69, 9.17) is 0 Å². The van der Waals surface area contributed by atoms with E-state index >= 15 is 0 Å². The number of nitrogens with one attached hydrogen (secondary N) is 2. The fourth-order valence-electron chi connectivity index (χ4n) is 1.96. The number of anilines is 1. The summed E-state index contributed by atoms with van der Waals surface area (Å²) in [5, 5.41) is 2.07. The Morgan fingerprint density at radius 2 is 1.72 bits per heavy atom. The molecule has 0 aliphatic heterocycles. The van der Waals surface area contributed by atoms with Gasteiger partial charge in [0.15, 0.2) is 0 Å². The highest BCUT2D eigenvalue weighted by molar-refractivity contribution is 7.90. The number of alkyl halides is 1. The van der Waals surface area contributed by atoms with Crippen molar-refractivity contribution >= 4 is 21.6 Å². The molecule has 0 bridgehead atoms. The Kier molecular flexibility index (Phi) is 6.22. The van der Waals surface area contributed by atoms with Crippen LogP contribution in [-0.2, 0) is 10.0 Å². The number of hydrogen-bond acceptors (Lipinski definition) is 4. The normalized spacial score (nSPS) is 12.8. The summed E-state index contributed by atoms with van der Waals surface area (Å²) in [6.45, 7) is 2.72. The highest BCUT2D eigenvalue weighted by Gasteiger charge is 2.18. The van der Waals surface area contributed by atoms with Crippen molar-refractivity contribution in [2.45, 2.75) is 25.3 Å². The number of carbonyl (C=O) groups excluding carboxylic acids is 1. The van der Waals surface area contributed by atoms with Crippen molar-refractivity contribution in [3.63, 3.8) is 0 Å². The third-order valence-electron chi connectivity index (χ3n) is 3.56. The lowest BCUT2D eigenvalue weighted by molar-refractivity contribution is 0.102. The van der Waals surface area contributed by atoms with Crippen LogP contribution in [0.25, 0.3) is 0 Å². The molecule has 1 aromatic heterocycles. The predicted molar refractivity (Wildman–Crippen MR) is 94.5 cm³/mol. The number of nitrogens with zero attached hydrogens (tertiary/aromatic N) is 1. The van der Waals surface area contributed by atoms with Crippen LogP contribution in [0.3, 0.4) is 0 Å². The molecule has 2 N–H and O–H groups in total. The van der Waals surface area contributed by atoms with Crippen molar-refractivity contribution in [1.29, 1.82) is 0 Å². The van der Waals surface area contributed by atoms with Crippen molar-refractivity contribution in [3.05, 3.63) is 59.9 Å². The molecule has 1 amide bonds. The van der Waals surface area contributed by atoms with Gasteiger partial charge in [-0.05, 0) is 43.7 Å². The molecule has 0 aliphatic rings. The summed E-state index contributed by atoms with van der Waals surface area (Å²) in [6.07, 6.45) is 1.56. The zero-order valence-corrected chi connectivity index (χ0v) is 14.8. The van der Waals surface area contributed by atoms with E-state index in [-0.39, 0.29) is 12.5 Å². The van der Waals surface area contributed by atoms with Gasteiger partial charge in [0.05, 0.1) is 5.25 Å². The molecular weight excluding hydrogens is 345 g/mol. The molecule has 6 nitrogen and oxygen atoms in total. The third kappa shape index (κ3) is 5.33. The summed E-state index contributed by atoms with van der Waals surface area (Å²) in [4.78, 5) is 15.9. The van der Waals surface area contributed by atoms with Gasteiger partial charge in [-0.3, -0.25) is 9.78 Å². The summed E-state index contributed by atoms with van der Waals surface area (Å²) >= 11 is 0. The summed E-state index contributed by atoms with van der Waals surface area (Å²) in [6, 6.07) is 9.33. The second kappa shape index (κ2) is 8.17. The Bertz CT molecular complexity index is 809. The fraction of sp³-hybridized carbons (Fsp3) is 0.294. The molecule has 8 heteroatoms. The Hall–Kier alpha value is -2.32. The smallest absolute Gasteiger partial charge is 0.255 e. The highest BCUT2D eigenvalue weighted by Crippen LogP contribution is 2.20. The van der Waals surface area contributed by atoms with Crippen molar-refractivity contribution in [3.8, 4) is 0 Å². The quantitative estimate of drug-likeness (QED) is 0.790. The van der Waals surface area contributed by atoms with Crippen LogP contribution in [0.4, 0.5) is 10.1 Å². The van der Waals surface area contributed by atoms with Crippen molar-refractivity contribution in [2.75, 3.05) is 11.9 Å². The van der Waals surface area contributed by atoms with Crippen molar-refractivity contribution in [1.82, 2.24) is 9.71 Å². The van der Waals surface area contributed by atoms with E-state index in [2.05, 4.69) is 15.0 Å². The number of amides is 1. The fourth-order valence-corrected chi connectivity index (χ4v) is 2.67. The van der Waals surface area contributed by atoms with Crippen molar-refractivity contribution < 1.29 is 17.6 Å². The minimum Gasteiger partial charge on any atom is -0.322 e. The lowest BCUT2D eigenvalue weighted by Crippen LogP contribution is -2.33. The van der Waals surface area contributed by atoms with Gasteiger partial charge in [0.1, 0.15) is 6.17 Å². The van der Waals surface area contributed by atoms with Gasteiger partial charge in [-0.15, -0.1) is 0 Å². The summed E-state index contributed by atoms with van der Waals surface area (Å²) in [7, 11) is -3.51. The monoisotopic (exact) mass is 365 g/mol. The SMILES string of the molecule is CC(C)S(=O)(=O)NCC(F)c1ccc(NC(=O)c2ccncc2)cc1. The third-order valence-corrected chi connectivity index (χ3v) is 5.37. The first-order valence-corrected chi connectivity index (χ1v) is 9.28. The van der Waals surface area contributed by atoms with Gasteiger partial charge in [-0.2, -0.15) is 0 Å². The topological polar surface area (TPSA) is 88.2 Å². The van der Waals surface area contributed by atoms with E-state index in [9.17, 15) is 17.6 Å². The maximum atomic E-state index is 14.2. The molecular formula is C17H20FN3O3S. The molecule has 134 valence electrons. The molecule has 0 fully saturated rings. The number of sulfonamides is 1. The maximum absolute atomic E-state index is 14.2. The van der Waals surface area contributed by atoms with Crippen LogP contribution >= 0.6 is 0 Å². The Labute approximate surface area is 146 Å². The van der Waals surface area contributed by atoms with Gasteiger partial charge in [0, 0.05) is 30.2 Å². The van der Waals surface area contributed by atoms with Crippen LogP contribution in [0.15, 0.2) is 48.8 Å². The van der Waals surface area contributed by atoms with Crippen LogP contribution in [-0.4, -0.2) is 31.1 Å². The summed E-state index contributed by atoms with van der Waals surface area (Å²) in [5.74, 6) is -0.295. The molecule has 2 aromatic rings. The standard InChI is InChI=1S/C17H20FN3O3S/c1-12(2)25(23,24)20-11-16(18)13-3-5-15(6-4-13)21-17(22)14-7-9-19-10-8-14/h3-10,12,16,20H,11H2,1-2H3,(H,21,22). The van der Waals surface area contributed by atoms with Gasteiger partial charge in [0.2, 0.25) is 10.0 Å². The van der Waals surface area contributed by atoms with E-state index in [0.717, 1.165) is 0 Å². The maximum Gasteiger partial charge on any atom is 0.255 e. The first kappa shape index (κ1) is 19.0. The van der Waals surface area contributed by atoms with Crippen LogP contribution in [0, 0.1) is 0 Å². The number of benzene rings is 1. The molecule has 1 aromatic carbocycles. The lowest BCUT2D eigenvalue weighted by atomic mass is 10.1. The molecule has 0 aliphatic carbocycles. The second-order valence-electron chi connectivity index (χ2n) is 5.72. The van der Waals surface area contributed by atoms with E-state index in [1.54, 1.807) is 24.3 Å². The van der Waals surface area contributed by atoms with E-state index in [1.165, 1.54) is 38.4 Å². The lowest BCUT2D eigenvalue weighted by Gasteiger charge is -2.13. The van der Waals surface area contributed by atoms with Crippen LogP contribution in [0.1, 0.15) is 35.9 Å². The highest BCUT2D eigenvalue weighted by atomic mass is 32.2. The molecule has 1 unspecified atom stereocenters. The summed E-state index contributed by atoms with van der Waals surface area (Å²) < 4.78 is 39.7. The molecule has 0 spiro atoms. The molecule has 0 saturated heterocycles. The number of hydrogen-bond donors (Lipinski definition) is 2. The second-order valence-corrected chi connectivity index (χ2v) is 8.04. The first-order valence-electron chi connectivity index (χ1n) is 7.73. The predicted octanol–water partition coefficient (Wildman–Crippen LogP) is 2.67. The van der Waals surface area contributed by atoms with E-state index in [0.29, 0.717) is 16.8 Å². The molecule has 25 heavy (non-hydrogen) atoms. The average molecular weight is 365 g/mol. The Morgan fingerprint density at radius 3 is 2.28 bits per heavy atom. The number of pyridine rings is 1. The van der Waals surface area contributed by atoms with Gasteiger partial charge in [0.25, 0.3) is 5.91 Å². The van der Waals surface area contributed by atoms with Gasteiger partial charge in [-0.1, -0.05) is 12.1 Å². The zero-order valence-electron chi connectivity index (χ0n) is 13.9. The Balaban J connectivity index is 1.96. The molecule has 1 heterocycles. The first-order chi connectivity index (χ1) is 11.8. The molecule has 2 rings (SSSR count). The zero-order chi connectivity index (χ0) is 18.4. The van der Waals surface area contributed by atoms with Crippen LogP contribution < -0.4 is 10.0 Å². The Morgan fingerprint density at radius 1 is 1.12 bits per heavy atom. The van der Waals surface area contributed by atoms with Gasteiger partial charge < -0.3 is 5.32 Å². The van der Waals surface area contributed by atoms with Gasteiger partial charge in [-0.25, -0.2) is 17.5 Å².